The van der Waals surface area contributed by atoms with Crippen LogP contribution in [0.3, 0.4) is 0 Å². The highest BCUT2D eigenvalue weighted by molar-refractivity contribution is 5.83. The fourth-order valence-electron chi connectivity index (χ4n) is 3.03. The molecule has 0 spiro atoms. The van der Waals surface area contributed by atoms with Crippen LogP contribution < -0.4 is 0 Å². The Kier molecular flexibility index (Phi) is 6.03. The molecule has 1 rings (SSSR count). The van der Waals surface area contributed by atoms with Crippen molar-refractivity contribution in [3.8, 4) is 0 Å². The molecule has 1 saturated carbocycles. The number of carbonyl (C=O) groups excluding carboxylic acids is 2. The molecule has 1 fully saturated rings. The third-order valence-electron chi connectivity index (χ3n) is 4.54. The van der Waals surface area contributed by atoms with Crippen molar-refractivity contribution >= 4 is 11.9 Å². The van der Waals surface area contributed by atoms with Crippen molar-refractivity contribution in [2.45, 2.75) is 53.4 Å². The standard InChI is InChI=1S/C16H29NO3/c1-6-17(11-14(18)20-5)15(19)12-7-9-13(10-8-12)16(2,3)4/h12-13H,6-11H2,1-5H3. The topological polar surface area (TPSA) is 46.6 Å². The minimum atomic E-state index is -0.344. The third-order valence-corrected chi connectivity index (χ3v) is 4.54. The molecule has 1 aliphatic carbocycles. The molecular formula is C16H29NO3. The Labute approximate surface area is 122 Å². The van der Waals surface area contributed by atoms with E-state index < -0.39 is 0 Å². The fraction of sp³-hybridized carbons (Fsp3) is 0.875. The van der Waals surface area contributed by atoms with Gasteiger partial charge in [-0.2, -0.15) is 0 Å². The molecule has 4 heteroatoms. The number of likely N-dealkylation sites (N-methyl/N-ethyl adjacent to an activating group) is 1. The predicted octanol–water partition coefficient (Wildman–Crippen LogP) is 2.86. The first kappa shape index (κ1) is 17.0. The molecule has 1 aliphatic rings. The highest BCUT2D eigenvalue weighted by atomic mass is 16.5. The van der Waals surface area contributed by atoms with E-state index in [9.17, 15) is 9.59 Å². The number of esters is 1. The molecule has 20 heavy (non-hydrogen) atoms. The first-order valence-electron chi connectivity index (χ1n) is 7.65. The summed E-state index contributed by atoms with van der Waals surface area (Å²) < 4.78 is 4.65. The highest BCUT2D eigenvalue weighted by Gasteiger charge is 2.34. The maximum Gasteiger partial charge on any atom is 0.325 e. The zero-order valence-electron chi connectivity index (χ0n) is 13.6. The molecule has 0 bridgehead atoms. The molecule has 116 valence electrons. The lowest BCUT2D eigenvalue weighted by Crippen LogP contribution is -2.41. The van der Waals surface area contributed by atoms with Gasteiger partial charge in [-0.25, -0.2) is 0 Å². The van der Waals surface area contributed by atoms with Crippen molar-refractivity contribution < 1.29 is 14.3 Å². The summed E-state index contributed by atoms with van der Waals surface area (Å²) >= 11 is 0. The van der Waals surface area contributed by atoms with E-state index in [0.717, 1.165) is 25.7 Å². The predicted molar refractivity (Wildman–Crippen MR) is 79.2 cm³/mol. The SMILES string of the molecule is CCN(CC(=O)OC)C(=O)C1CCC(C(C)(C)C)CC1. The van der Waals surface area contributed by atoms with Crippen molar-refractivity contribution in [2.75, 3.05) is 20.2 Å². The van der Waals surface area contributed by atoms with Gasteiger partial charge in [0.25, 0.3) is 0 Å². The molecule has 4 nitrogen and oxygen atoms in total. The monoisotopic (exact) mass is 283 g/mol. The van der Waals surface area contributed by atoms with E-state index in [4.69, 9.17) is 0 Å². The van der Waals surface area contributed by atoms with Crippen LogP contribution in [0, 0.1) is 17.3 Å². The number of carbonyl (C=O) groups is 2. The van der Waals surface area contributed by atoms with Crippen LogP contribution in [0.25, 0.3) is 0 Å². The van der Waals surface area contributed by atoms with E-state index in [-0.39, 0.29) is 24.3 Å². The van der Waals surface area contributed by atoms with E-state index in [1.54, 1.807) is 4.90 Å². The fourth-order valence-corrected chi connectivity index (χ4v) is 3.03. The molecule has 0 atom stereocenters. The van der Waals surface area contributed by atoms with Crippen LogP contribution >= 0.6 is 0 Å². The van der Waals surface area contributed by atoms with Crippen molar-refractivity contribution in [3.05, 3.63) is 0 Å². The normalized spacial score (nSPS) is 23.2. The van der Waals surface area contributed by atoms with Crippen molar-refractivity contribution in [3.63, 3.8) is 0 Å². The summed E-state index contributed by atoms with van der Waals surface area (Å²) in [5, 5.41) is 0. The minimum absolute atomic E-state index is 0.0744. The zero-order chi connectivity index (χ0) is 15.3. The molecule has 1 amide bonds. The van der Waals surface area contributed by atoms with E-state index >= 15 is 0 Å². The maximum atomic E-state index is 12.5. The largest absolute Gasteiger partial charge is 0.468 e. The summed E-state index contributed by atoms with van der Waals surface area (Å²) in [5.74, 6) is 0.550. The van der Waals surface area contributed by atoms with Gasteiger partial charge in [0, 0.05) is 12.5 Å². The number of amides is 1. The molecule has 0 heterocycles. The van der Waals surface area contributed by atoms with Crippen LogP contribution in [-0.4, -0.2) is 37.0 Å². The smallest absolute Gasteiger partial charge is 0.325 e. The second kappa shape index (κ2) is 7.09. The number of rotatable bonds is 4. The van der Waals surface area contributed by atoms with Gasteiger partial charge >= 0.3 is 5.97 Å². The summed E-state index contributed by atoms with van der Waals surface area (Å²) in [6.45, 7) is 9.36. The molecule has 0 radical (unpaired) electrons. The van der Waals surface area contributed by atoms with Gasteiger partial charge in [-0.1, -0.05) is 20.8 Å². The van der Waals surface area contributed by atoms with Crippen LogP contribution in [-0.2, 0) is 14.3 Å². The number of hydrogen-bond acceptors (Lipinski definition) is 3. The molecule has 0 aliphatic heterocycles. The van der Waals surface area contributed by atoms with Crippen molar-refractivity contribution in [1.29, 1.82) is 0 Å². The van der Waals surface area contributed by atoms with Gasteiger partial charge < -0.3 is 9.64 Å². The van der Waals surface area contributed by atoms with Gasteiger partial charge in [0.2, 0.25) is 5.91 Å². The number of methoxy groups -OCH3 is 1. The summed E-state index contributed by atoms with van der Waals surface area (Å²) in [4.78, 5) is 25.4. The first-order valence-corrected chi connectivity index (χ1v) is 7.65. The zero-order valence-corrected chi connectivity index (χ0v) is 13.6. The van der Waals surface area contributed by atoms with Gasteiger partial charge in [0.15, 0.2) is 0 Å². The van der Waals surface area contributed by atoms with Crippen molar-refractivity contribution in [1.82, 2.24) is 4.90 Å². The highest BCUT2D eigenvalue weighted by Crippen LogP contribution is 2.40. The van der Waals surface area contributed by atoms with Crippen LogP contribution in [0.15, 0.2) is 0 Å². The average Bonchev–Trinajstić information content (AvgIpc) is 2.42. The second-order valence-electron chi connectivity index (χ2n) is 6.84. The van der Waals surface area contributed by atoms with Gasteiger partial charge in [-0.15, -0.1) is 0 Å². The van der Waals surface area contributed by atoms with Crippen molar-refractivity contribution in [2.24, 2.45) is 17.3 Å². The minimum Gasteiger partial charge on any atom is -0.468 e. The Hall–Kier alpha value is -1.06. The Morgan fingerprint density at radius 2 is 1.70 bits per heavy atom. The van der Waals surface area contributed by atoms with Gasteiger partial charge in [0.05, 0.1) is 7.11 Å². The first-order chi connectivity index (χ1) is 9.29. The maximum absolute atomic E-state index is 12.5. The summed E-state index contributed by atoms with van der Waals surface area (Å²) in [5.41, 5.74) is 0.324. The van der Waals surface area contributed by atoms with Gasteiger partial charge in [-0.05, 0) is 43.9 Å². The van der Waals surface area contributed by atoms with E-state index in [1.165, 1.54) is 7.11 Å². The average molecular weight is 283 g/mol. The Morgan fingerprint density at radius 3 is 2.10 bits per heavy atom. The molecule has 0 aromatic heterocycles. The lowest BCUT2D eigenvalue weighted by atomic mass is 9.69. The lowest BCUT2D eigenvalue weighted by Gasteiger charge is -2.37. The Balaban J connectivity index is 2.54. The van der Waals surface area contributed by atoms with E-state index in [1.807, 2.05) is 6.92 Å². The van der Waals surface area contributed by atoms with Crippen LogP contribution in [0.5, 0.6) is 0 Å². The lowest BCUT2D eigenvalue weighted by molar-refractivity contribution is -0.149. The molecule has 0 saturated heterocycles. The number of nitrogens with zero attached hydrogens (tertiary/aromatic N) is 1. The molecular weight excluding hydrogens is 254 g/mol. The van der Waals surface area contributed by atoms with Gasteiger partial charge in [-0.3, -0.25) is 9.59 Å². The molecule has 0 aromatic carbocycles. The molecule has 0 N–H and O–H groups in total. The number of hydrogen-bond donors (Lipinski definition) is 0. The van der Waals surface area contributed by atoms with Crippen LogP contribution in [0.2, 0.25) is 0 Å². The Morgan fingerprint density at radius 1 is 1.15 bits per heavy atom. The third kappa shape index (κ3) is 4.50. The summed E-state index contributed by atoms with van der Waals surface area (Å²) in [6.07, 6.45) is 4.10. The van der Waals surface area contributed by atoms with Gasteiger partial charge in [0.1, 0.15) is 6.54 Å². The second-order valence-corrected chi connectivity index (χ2v) is 6.84. The quantitative estimate of drug-likeness (QED) is 0.745. The van der Waals surface area contributed by atoms with Crippen LogP contribution in [0.4, 0.5) is 0 Å². The van der Waals surface area contributed by atoms with Crippen LogP contribution in [0.1, 0.15) is 53.4 Å². The van der Waals surface area contributed by atoms with E-state index in [2.05, 4.69) is 25.5 Å². The summed E-state index contributed by atoms with van der Waals surface area (Å²) in [6, 6.07) is 0. The molecule has 0 unspecified atom stereocenters. The number of ether oxygens (including phenoxy) is 1. The Bertz CT molecular complexity index is 338. The van der Waals surface area contributed by atoms with E-state index in [0.29, 0.717) is 17.9 Å². The summed E-state index contributed by atoms with van der Waals surface area (Å²) in [7, 11) is 1.36. The molecule has 0 aromatic rings.